The van der Waals surface area contributed by atoms with Crippen molar-refractivity contribution in [1.82, 2.24) is 0 Å². The normalized spacial score (nSPS) is 14.5. The summed E-state index contributed by atoms with van der Waals surface area (Å²) in [5.41, 5.74) is 0. The van der Waals surface area contributed by atoms with Gasteiger partial charge in [-0.15, -0.1) is 0 Å². The number of carbonyl (C=O) groups excluding carboxylic acids is 3. The van der Waals surface area contributed by atoms with Gasteiger partial charge >= 0.3 is 33.6 Å². The molecule has 0 fully saturated rings. The Morgan fingerprint density at radius 3 is 0.879 bits per heavy atom. The molecule has 5 unspecified atom stereocenters. The van der Waals surface area contributed by atoms with Gasteiger partial charge in [0.15, 0.2) is 6.10 Å². The third kappa shape index (κ3) is 75.5. The molecule has 0 aromatic carbocycles. The third-order valence-electron chi connectivity index (χ3n) is 16.8. The van der Waals surface area contributed by atoms with Gasteiger partial charge in [-0.05, 0) is 122 Å². The van der Waals surface area contributed by atoms with Crippen molar-refractivity contribution < 1.29 is 75.8 Å². The summed E-state index contributed by atoms with van der Waals surface area (Å²) >= 11 is 0. The second-order valence-electron chi connectivity index (χ2n) is 26.5. The zero-order valence-corrected chi connectivity index (χ0v) is 64.4. The largest absolute Gasteiger partial charge is 0.472 e. The minimum Gasteiger partial charge on any atom is -0.463 e. The molecular formula is C81H144O16P2. The summed E-state index contributed by atoms with van der Waals surface area (Å²) in [5, 5.41) is 20.6. The van der Waals surface area contributed by atoms with Crippen LogP contribution in [0.4, 0.5) is 0 Å². The summed E-state index contributed by atoms with van der Waals surface area (Å²) < 4.78 is 61.0. The summed E-state index contributed by atoms with van der Waals surface area (Å²) in [4.78, 5) is 58.5. The smallest absolute Gasteiger partial charge is 0.463 e. The molecule has 4 N–H and O–H groups in total. The molecule has 99 heavy (non-hydrogen) atoms. The highest BCUT2D eigenvalue weighted by atomic mass is 31.2. The Labute approximate surface area is 603 Å². The molecule has 5 atom stereocenters. The topological polar surface area (TPSA) is 231 Å². The van der Waals surface area contributed by atoms with E-state index in [1.165, 1.54) is 154 Å². The van der Waals surface area contributed by atoms with Crippen molar-refractivity contribution in [2.24, 2.45) is 0 Å². The lowest BCUT2D eigenvalue weighted by molar-refractivity contribution is -0.161. The Balaban J connectivity index is 4.31. The first-order valence-corrected chi connectivity index (χ1v) is 42.5. The Kier molecular flexibility index (Phi) is 71.6. The standard InChI is InChI=1S/C81H144O16P2/c1-4-7-10-13-16-19-22-25-27-28-29-30-31-32-33-34-35-36-37-38-39-40-41-42-43-44-45-46-48-51-52-55-58-61-64-67-79(84)91-70-76(82)71-93-98(87,88)94-72-77(83)73-95-99(89,90)96-75-78(97-81(86)69-66-63-60-57-54-49-24-21-18-15-12-9-6-3)74-92-80(85)68-65-62-59-56-53-50-47-26-23-20-17-14-11-8-5-2/h8,11,16-17,19-21,24-27,29-30,32-33,47,76-78,82-83H,4-7,9-10,12-15,18,22-23,28,31,34-46,48-75H2,1-3H3,(H,87,88)(H,89,90)/b11-8-,19-16-,20-17-,24-21-,27-25-,30-29-,33-32-,47-26-. The first-order chi connectivity index (χ1) is 48.2. The van der Waals surface area contributed by atoms with Gasteiger partial charge in [-0.3, -0.25) is 32.5 Å². The SMILES string of the molecule is CC/C=C\C/C=C\C/C=C\CCCCCCCC(=O)OCC(COP(=O)(O)OCC(O)COP(=O)(O)OCC(O)COC(=O)CCCCCCCCCCCCCCCCCCCCC/C=C\C/C=C\C/C=C\C/C=C\CCCCC)OC(=O)CCCCCCC/C=C\CCCCCC. The lowest BCUT2D eigenvalue weighted by atomic mass is 10.0. The number of rotatable bonds is 75. The summed E-state index contributed by atoms with van der Waals surface area (Å²) in [6, 6.07) is 0. The van der Waals surface area contributed by atoms with Crippen LogP contribution in [0.25, 0.3) is 0 Å². The average molecular weight is 1440 g/mol. The second-order valence-corrected chi connectivity index (χ2v) is 29.4. The van der Waals surface area contributed by atoms with Gasteiger partial charge in [-0.25, -0.2) is 9.13 Å². The minimum absolute atomic E-state index is 0.0914. The quantitative estimate of drug-likeness (QED) is 0.0146. The lowest BCUT2D eigenvalue weighted by Crippen LogP contribution is -2.30. The van der Waals surface area contributed by atoms with Crippen LogP contribution in [0.15, 0.2) is 97.2 Å². The molecule has 0 saturated carbocycles. The van der Waals surface area contributed by atoms with E-state index in [1.807, 2.05) is 0 Å². The number of carbonyl (C=O) groups is 3. The molecule has 574 valence electrons. The van der Waals surface area contributed by atoms with Crippen LogP contribution >= 0.6 is 15.6 Å². The second kappa shape index (κ2) is 74.2. The van der Waals surface area contributed by atoms with Gasteiger partial charge in [0.2, 0.25) is 0 Å². The van der Waals surface area contributed by atoms with E-state index in [-0.39, 0.29) is 19.3 Å². The van der Waals surface area contributed by atoms with Crippen LogP contribution in [0.5, 0.6) is 0 Å². The molecule has 0 aromatic rings. The summed E-state index contributed by atoms with van der Waals surface area (Å²) in [7, 11) is -9.78. The molecule has 0 aromatic heterocycles. The van der Waals surface area contributed by atoms with Gasteiger partial charge in [-0.1, -0.05) is 298 Å². The highest BCUT2D eigenvalue weighted by molar-refractivity contribution is 7.47. The molecule has 0 aliphatic carbocycles. The number of esters is 3. The molecule has 0 rings (SSSR count). The molecule has 0 aliphatic rings. The summed E-state index contributed by atoms with van der Waals surface area (Å²) in [6.07, 6.45) is 84.9. The van der Waals surface area contributed by atoms with Crippen molar-refractivity contribution >= 4 is 33.6 Å². The van der Waals surface area contributed by atoms with Gasteiger partial charge in [0.25, 0.3) is 0 Å². The number of ether oxygens (including phenoxy) is 3. The van der Waals surface area contributed by atoms with Crippen molar-refractivity contribution in [2.45, 2.75) is 360 Å². The Morgan fingerprint density at radius 1 is 0.293 bits per heavy atom. The van der Waals surface area contributed by atoms with Gasteiger partial charge < -0.3 is 34.2 Å². The molecule has 0 heterocycles. The van der Waals surface area contributed by atoms with Crippen LogP contribution in [0.3, 0.4) is 0 Å². The van der Waals surface area contributed by atoms with E-state index in [4.69, 9.17) is 32.3 Å². The fourth-order valence-corrected chi connectivity index (χ4v) is 12.3. The number of aliphatic hydroxyl groups excluding tert-OH is 2. The minimum atomic E-state index is -4.93. The predicted molar refractivity (Wildman–Crippen MR) is 408 cm³/mol. The fourth-order valence-electron chi connectivity index (χ4n) is 10.7. The van der Waals surface area contributed by atoms with E-state index < -0.39 is 91.5 Å². The van der Waals surface area contributed by atoms with Crippen LogP contribution in [0.2, 0.25) is 0 Å². The van der Waals surface area contributed by atoms with E-state index in [9.17, 15) is 43.5 Å². The van der Waals surface area contributed by atoms with Crippen molar-refractivity contribution in [3.05, 3.63) is 97.2 Å². The molecule has 0 aliphatic heterocycles. The van der Waals surface area contributed by atoms with E-state index in [0.717, 1.165) is 128 Å². The molecule has 18 heteroatoms. The van der Waals surface area contributed by atoms with Crippen LogP contribution in [-0.2, 0) is 55.8 Å². The zero-order chi connectivity index (χ0) is 72.3. The fraction of sp³-hybridized carbons (Fsp3) is 0.765. The molecular weight excluding hydrogens is 1290 g/mol. The van der Waals surface area contributed by atoms with E-state index >= 15 is 0 Å². The molecule has 0 bridgehead atoms. The molecule has 0 radical (unpaired) electrons. The van der Waals surface area contributed by atoms with Crippen LogP contribution < -0.4 is 0 Å². The number of allylic oxidation sites excluding steroid dienone is 16. The predicted octanol–water partition coefficient (Wildman–Crippen LogP) is 23.0. The molecule has 16 nitrogen and oxygen atoms in total. The Morgan fingerprint density at radius 2 is 0.535 bits per heavy atom. The van der Waals surface area contributed by atoms with Crippen molar-refractivity contribution in [3.8, 4) is 0 Å². The lowest BCUT2D eigenvalue weighted by Gasteiger charge is -2.21. The highest BCUT2D eigenvalue weighted by Crippen LogP contribution is 2.45. The molecule has 0 saturated heterocycles. The van der Waals surface area contributed by atoms with Crippen LogP contribution in [0.1, 0.15) is 342 Å². The van der Waals surface area contributed by atoms with Gasteiger partial charge in [0.1, 0.15) is 25.4 Å². The maximum atomic E-state index is 12.9. The Bertz CT molecular complexity index is 2190. The first-order valence-electron chi connectivity index (χ1n) is 39.5. The van der Waals surface area contributed by atoms with E-state index in [0.29, 0.717) is 19.3 Å². The van der Waals surface area contributed by atoms with E-state index in [1.54, 1.807) is 0 Å². The third-order valence-corrected chi connectivity index (χ3v) is 18.7. The maximum absolute atomic E-state index is 12.9. The van der Waals surface area contributed by atoms with E-state index in [2.05, 4.69) is 118 Å². The van der Waals surface area contributed by atoms with Crippen molar-refractivity contribution in [2.75, 3.05) is 39.6 Å². The van der Waals surface area contributed by atoms with Crippen molar-refractivity contribution in [1.29, 1.82) is 0 Å². The first kappa shape index (κ1) is 95.5. The number of unbranched alkanes of at least 4 members (excludes halogenated alkanes) is 36. The monoisotopic (exact) mass is 1430 g/mol. The number of phosphoric acid groups is 2. The number of hydrogen-bond acceptors (Lipinski definition) is 14. The zero-order valence-electron chi connectivity index (χ0n) is 62.6. The highest BCUT2D eigenvalue weighted by Gasteiger charge is 2.29. The van der Waals surface area contributed by atoms with Crippen LogP contribution in [0, 0.1) is 0 Å². The molecule has 0 spiro atoms. The van der Waals surface area contributed by atoms with Crippen LogP contribution in [-0.4, -0.2) is 95.9 Å². The van der Waals surface area contributed by atoms with Gasteiger partial charge in [-0.2, -0.15) is 0 Å². The summed E-state index contributed by atoms with van der Waals surface area (Å²) in [5.74, 6) is -1.59. The average Bonchev–Trinajstić information content (AvgIpc) is 1.08. The summed E-state index contributed by atoms with van der Waals surface area (Å²) in [6.45, 7) is 2.52. The number of hydrogen-bond donors (Lipinski definition) is 4. The molecule has 0 amide bonds. The van der Waals surface area contributed by atoms with Crippen molar-refractivity contribution in [3.63, 3.8) is 0 Å². The number of aliphatic hydroxyl groups is 2. The number of phosphoric ester groups is 2. The van der Waals surface area contributed by atoms with Gasteiger partial charge in [0.05, 0.1) is 26.4 Å². The Hall–Kier alpha value is -3.53. The van der Waals surface area contributed by atoms with Gasteiger partial charge in [0, 0.05) is 19.3 Å². The maximum Gasteiger partial charge on any atom is 0.472 e.